The molecule has 7 heteroatoms. The number of anilines is 1. The van der Waals surface area contributed by atoms with Crippen LogP contribution in [0.4, 0.5) is 10.3 Å². The normalized spacial score (nSPS) is 19.1. The molecule has 1 aromatic heterocycles. The molecule has 19 heavy (non-hydrogen) atoms. The van der Waals surface area contributed by atoms with E-state index in [1.165, 1.54) is 6.07 Å². The predicted octanol–water partition coefficient (Wildman–Crippen LogP) is 1.91. The van der Waals surface area contributed by atoms with E-state index in [1.807, 2.05) is 4.90 Å². The molecule has 0 spiro atoms. The number of hydrogen-bond donors (Lipinski definition) is 2. The number of halogens is 2. The number of H-pyrrole nitrogens is 1. The number of nitrogens with zero attached hydrogens (tertiary/aromatic N) is 3. The molecule has 0 radical (unpaired) electrons. The number of nitrogens with one attached hydrogen (secondary N) is 1. The molecule has 2 heterocycles. The molecule has 2 aromatic rings. The van der Waals surface area contributed by atoms with Crippen LogP contribution in [0.5, 0.6) is 0 Å². The molecule has 100 valence electrons. The van der Waals surface area contributed by atoms with E-state index in [0.717, 1.165) is 19.5 Å². The molecule has 0 aliphatic carbocycles. The first kappa shape index (κ1) is 12.6. The Bertz CT molecular complexity index is 600. The number of rotatable bonds is 2. The monoisotopic (exact) mass is 325 g/mol. The number of benzene rings is 1. The van der Waals surface area contributed by atoms with Gasteiger partial charge in [-0.1, -0.05) is 6.07 Å². The fourth-order valence-electron chi connectivity index (χ4n) is 2.17. The Balaban J connectivity index is 1.91. The highest BCUT2D eigenvalue weighted by Gasteiger charge is 2.23. The SMILES string of the molecule is NC1CCN(c2n[nH]c(-c3cccc(F)c3Br)n2)C1. The first-order chi connectivity index (χ1) is 9.15. The molecule has 3 rings (SSSR count). The van der Waals surface area contributed by atoms with Crippen LogP contribution in [0.1, 0.15) is 6.42 Å². The fourth-order valence-corrected chi connectivity index (χ4v) is 2.62. The summed E-state index contributed by atoms with van der Waals surface area (Å²) in [5.74, 6) is 0.833. The van der Waals surface area contributed by atoms with Gasteiger partial charge in [0.25, 0.3) is 0 Å². The summed E-state index contributed by atoms with van der Waals surface area (Å²) >= 11 is 3.22. The highest BCUT2D eigenvalue weighted by Crippen LogP contribution is 2.29. The van der Waals surface area contributed by atoms with E-state index in [0.29, 0.717) is 21.8 Å². The lowest BCUT2D eigenvalue weighted by molar-refractivity contribution is 0.621. The van der Waals surface area contributed by atoms with Gasteiger partial charge in [-0.15, -0.1) is 5.10 Å². The molecule has 1 aliphatic rings. The van der Waals surface area contributed by atoms with Gasteiger partial charge < -0.3 is 10.6 Å². The van der Waals surface area contributed by atoms with E-state index in [9.17, 15) is 4.39 Å². The largest absolute Gasteiger partial charge is 0.338 e. The molecular formula is C12H13BrFN5. The van der Waals surface area contributed by atoms with Crippen LogP contribution in [0.3, 0.4) is 0 Å². The van der Waals surface area contributed by atoms with Crippen LogP contribution in [0.2, 0.25) is 0 Å². The van der Waals surface area contributed by atoms with Crippen LogP contribution < -0.4 is 10.6 Å². The molecular weight excluding hydrogens is 313 g/mol. The van der Waals surface area contributed by atoms with Crippen molar-refractivity contribution in [1.82, 2.24) is 15.2 Å². The van der Waals surface area contributed by atoms with E-state index in [1.54, 1.807) is 12.1 Å². The van der Waals surface area contributed by atoms with E-state index >= 15 is 0 Å². The molecule has 1 aliphatic heterocycles. The minimum Gasteiger partial charge on any atom is -0.338 e. The first-order valence-electron chi connectivity index (χ1n) is 6.02. The maximum Gasteiger partial charge on any atom is 0.245 e. The molecule has 3 N–H and O–H groups in total. The lowest BCUT2D eigenvalue weighted by Crippen LogP contribution is -2.26. The summed E-state index contributed by atoms with van der Waals surface area (Å²) in [6.07, 6.45) is 0.938. The molecule has 1 aromatic carbocycles. The van der Waals surface area contributed by atoms with Crippen molar-refractivity contribution in [1.29, 1.82) is 0 Å². The zero-order valence-electron chi connectivity index (χ0n) is 10.1. The number of hydrogen-bond acceptors (Lipinski definition) is 4. The maximum absolute atomic E-state index is 13.5. The second kappa shape index (κ2) is 4.90. The summed E-state index contributed by atoms with van der Waals surface area (Å²) in [5.41, 5.74) is 6.51. The van der Waals surface area contributed by atoms with E-state index < -0.39 is 0 Å². The Hall–Kier alpha value is -1.47. The zero-order chi connectivity index (χ0) is 13.4. The Morgan fingerprint density at radius 1 is 1.47 bits per heavy atom. The smallest absolute Gasteiger partial charge is 0.245 e. The summed E-state index contributed by atoms with van der Waals surface area (Å²) in [4.78, 5) is 6.43. The van der Waals surface area contributed by atoms with Gasteiger partial charge in [-0.05, 0) is 34.5 Å². The second-order valence-electron chi connectivity index (χ2n) is 4.58. The number of nitrogens with two attached hydrogens (primary N) is 1. The Morgan fingerprint density at radius 2 is 2.32 bits per heavy atom. The molecule has 1 unspecified atom stereocenters. The minimum atomic E-state index is -0.321. The maximum atomic E-state index is 13.5. The highest BCUT2D eigenvalue weighted by atomic mass is 79.9. The quantitative estimate of drug-likeness (QED) is 0.884. The van der Waals surface area contributed by atoms with Gasteiger partial charge in [0, 0.05) is 24.7 Å². The molecule has 1 saturated heterocycles. The highest BCUT2D eigenvalue weighted by molar-refractivity contribution is 9.10. The standard InChI is InChI=1S/C12H13BrFN5/c13-10-8(2-1-3-9(10)14)11-16-12(18-17-11)19-5-4-7(15)6-19/h1-3,7H,4-6,15H2,(H,16,17,18). The lowest BCUT2D eigenvalue weighted by Gasteiger charge is -2.11. The van der Waals surface area contributed by atoms with Gasteiger partial charge in [0.05, 0.1) is 4.47 Å². The average Bonchev–Trinajstić information content (AvgIpc) is 3.01. The first-order valence-corrected chi connectivity index (χ1v) is 6.82. The van der Waals surface area contributed by atoms with Crippen LogP contribution >= 0.6 is 15.9 Å². The van der Waals surface area contributed by atoms with Crippen LogP contribution in [-0.2, 0) is 0 Å². The number of aromatic nitrogens is 3. The van der Waals surface area contributed by atoms with Gasteiger partial charge in [0.15, 0.2) is 5.82 Å². The number of aromatic amines is 1. The van der Waals surface area contributed by atoms with Crippen LogP contribution in [0.15, 0.2) is 22.7 Å². The van der Waals surface area contributed by atoms with Crippen molar-refractivity contribution in [2.24, 2.45) is 5.73 Å². The summed E-state index contributed by atoms with van der Waals surface area (Å²) in [6.45, 7) is 1.60. The Morgan fingerprint density at radius 3 is 3.05 bits per heavy atom. The third-order valence-corrected chi connectivity index (χ3v) is 3.99. The Labute approximate surface area is 118 Å². The van der Waals surface area contributed by atoms with Gasteiger partial charge in [0.2, 0.25) is 5.95 Å². The Kier molecular flexibility index (Phi) is 3.24. The van der Waals surface area contributed by atoms with Crippen molar-refractivity contribution in [3.63, 3.8) is 0 Å². The summed E-state index contributed by atoms with van der Waals surface area (Å²) in [7, 11) is 0. The average molecular weight is 326 g/mol. The van der Waals surface area contributed by atoms with Crippen LogP contribution in [-0.4, -0.2) is 34.3 Å². The molecule has 5 nitrogen and oxygen atoms in total. The molecule has 0 amide bonds. The molecule has 0 bridgehead atoms. The van der Waals surface area contributed by atoms with E-state index in [-0.39, 0.29) is 11.9 Å². The van der Waals surface area contributed by atoms with Crippen molar-refractivity contribution in [2.75, 3.05) is 18.0 Å². The predicted molar refractivity (Wildman–Crippen MR) is 74.3 cm³/mol. The van der Waals surface area contributed by atoms with Crippen molar-refractivity contribution < 1.29 is 4.39 Å². The fraction of sp³-hybridized carbons (Fsp3) is 0.333. The molecule has 1 fully saturated rings. The van der Waals surface area contributed by atoms with Crippen LogP contribution in [0.25, 0.3) is 11.4 Å². The van der Waals surface area contributed by atoms with Gasteiger partial charge in [-0.3, -0.25) is 5.10 Å². The van der Waals surface area contributed by atoms with Crippen LogP contribution in [0, 0.1) is 5.82 Å². The van der Waals surface area contributed by atoms with Gasteiger partial charge in [0.1, 0.15) is 5.82 Å². The van der Waals surface area contributed by atoms with Crippen molar-refractivity contribution in [3.8, 4) is 11.4 Å². The summed E-state index contributed by atoms with van der Waals surface area (Å²) in [5, 5.41) is 7.01. The second-order valence-corrected chi connectivity index (χ2v) is 5.37. The van der Waals surface area contributed by atoms with Gasteiger partial charge >= 0.3 is 0 Å². The third-order valence-electron chi connectivity index (χ3n) is 3.19. The minimum absolute atomic E-state index is 0.169. The van der Waals surface area contributed by atoms with Gasteiger partial charge in [-0.2, -0.15) is 4.98 Å². The molecule has 0 saturated carbocycles. The van der Waals surface area contributed by atoms with Crippen molar-refractivity contribution >= 4 is 21.9 Å². The third kappa shape index (κ3) is 2.35. The van der Waals surface area contributed by atoms with Gasteiger partial charge in [-0.25, -0.2) is 4.39 Å². The van der Waals surface area contributed by atoms with Crippen molar-refractivity contribution in [2.45, 2.75) is 12.5 Å². The summed E-state index contributed by atoms with van der Waals surface area (Å²) in [6, 6.07) is 4.99. The summed E-state index contributed by atoms with van der Waals surface area (Å²) < 4.78 is 13.9. The van der Waals surface area contributed by atoms with E-state index in [2.05, 4.69) is 31.1 Å². The molecule has 1 atom stereocenters. The van der Waals surface area contributed by atoms with Crippen molar-refractivity contribution in [3.05, 3.63) is 28.5 Å². The topological polar surface area (TPSA) is 70.8 Å². The lowest BCUT2D eigenvalue weighted by atomic mass is 10.2. The zero-order valence-corrected chi connectivity index (χ0v) is 11.7. The van der Waals surface area contributed by atoms with E-state index in [4.69, 9.17) is 5.73 Å².